The van der Waals surface area contributed by atoms with Crippen molar-refractivity contribution in [3.05, 3.63) is 47.3 Å². The van der Waals surface area contributed by atoms with Crippen molar-refractivity contribution >= 4 is 16.6 Å². The zero-order valence-corrected chi connectivity index (χ0v) is 10.7. The molecule has 1 aromatic heterocycles. The molecule has 1 N–H and O–H groups in total. The van der Waals surface area contributed by atoms with E-state index in [9.17, 15) is 0 Å². The van der Waals surface area contributed by atoms with Crippen molar-refractivity contribution in [1.82, 2.24) is 4.98 Å². The molecule has 0 aliphatic carbocycles. The van der Waals surface area contributed by atoms with Crippen LogP contribution in [0.3, 0.4) is 0 Å². The van der Waals surface area contributed by atoms with Gasteiger partial charge in [0.1, 0.15) is 17.7 Å². The average molecular weight is 248 g/mol. The quantitative estimate of drug-likeness (QED) is 0.828. The van der Waals surface area contributed by atoms with Crippen molar-refractivity contribution in [2.24, 2.45) is 0 Å². The molecule has 0 atom stereocenters. The first kappa shape index (κ1) is 12.6. The summed E-state index contributed by atoms with van der Waals surface area (Å²) in [5, 5.41) is 21.5. The van der Waals surface area contributed by atoms with Gasteiger partial charge in [-0.1, -0.05) is 6.07 Å². The third kappa shape index (κ3) is 2.53. The molecule has 2 aromatic rings. The summed E-state index contributed by atoms with van der Waals surface area (Å²) in [7, 11) is 0. The van der Waals surface area contributed by atoms with Gasteiger partial charge in [0, 0.05) is 17.3 Å². The van der Waals surface area contributed by atoms with Gasteiger partial charge < -0.3 is 5.32 Å². The van der Waals surface area contributed by atoms with Crippen molar-refractivity contribution in [2.45, 2.75) is 13.8 Å². The highest BCUT2D eigenvalue weighted by Crippen LogP contribution is 2.26. The number of pyridine rings is 1. The second-order valence-corrected chi connectivity index (χ2v) is 4.20. The molecule has 1 aromatic carbocycles. The van der Waals surface area contributed by atoms with Crippen LogP contribution in [0.4, 0.5) is 5.69 Å². The maximum absolute atomic E-state index is 8.73. The molecule has 2 rings (SSSR count). The molecule has 0 radical (unpaired) electrons. The Morgan fingerprint density at radius 1 is 1.16 bits per heavy atom. The number of aromatic nitrogens is 1. The number of nitrogens with one attached hydrogen (secondary N) is 1. The fourth-order valence-electron chi connectivity index (χ4n) is 1.84. The van der Waals surface area contributed by atoms with Crippen molar-refractivity contribution < 1.29 is 0 Å². The number of allylic oxidation sites excluding steroid dienone is 1. The highest BCUT2D eigenvalue weighted by Gasteiger charge is 2.05. The van der Waals surface area contributed by atoms with Gasteiger partial charge in [0.25, 0.3) is 0 Å². The number of aryl methyl sites for hydroxylation is 2. The van der Waals surface area contributed by atoms with E-state index in [0.717, 1.165) is 27.8 Å². The fraction of sp³-hybridized carbons (Fsp3) is 0.133. The number of nitrogens with zero attached hydrogens (tertiary/aromatic N) is 3. The normalized spacial score (nSPS) is 9.47. The van der Waals surface area contributed by atoms with Crippen LogP contribution < -0.4 is 5.32 Å². The van der Waals surface area contributed by atoms with Crippen molar-refractivity contribution in [3.63, 3.8) is 0 Å². The van der Waals surface area contributed by atoms with Crippen LogP contribution in [0.1, 0.15) is 11.3 Å². The summed E-state index contributed by atoms with van der Waals surface area (Å²) in [6.45, 7) is 3.91. The zero-order valence-electron chi connectivity index (χ0n) is 10.7. The van der Waals surface area contributed by atoms with E-state index in [1.165, 1.54) is 6.20 Å². The lowest BCUT2D eigenvalue weighted by Gasteiger charge is -2.10. The highest BCUT2D eigenvalue weighted by atomic mass is 14.9. The molecule has 92 valence electrons. The van der Waals surface area contributed by atoms with Crippen LogP contribution in [0.2, 0.25) is 0 Å². The molecule has 4 nitrogen and oxygen atoms in total. The van der Waals surface area contributed by atoms with Gasteiger partial charge in [-0.05, 0) is 37.6 Å². The van der Waals surface area contributed by atoms with E-state index in [1.54, 1.807) is 0 Å². The molecule has 4 heteroatoms. The Balaban J connectivity index is 2.54. The van der Waals surface area contributed by atoms with Gasteiger partial charge in [-0.3, -0.25) is 4.98 Å². The molecule has 19 heavy (non-hydrogen) atoms. The van der Waals surface area contributed by atoms with Gasteiger partial charge in [-0.2, -0.15) is 10.5 Å². The first-order valence-corrected chi connectivity index (χ1v) is 5.79. The first-order valence-electron chi connectivity index (χ1n) is 5.79. The van der Waals surface area contributed by atoms with Gasteiger partial charge in [-0.15, -0.1) is 0 Å². The molecule has 0 amide bonds. The number of rotatable bonds is 2. The maximum Gasteiger partial charge on any atom is 0.145 e. The van der Waals surface area contributed by atoms with E-state index in [2.05, 4.69) is 10.3 Å². The Kier molecular flexibility index (Phi) is 3.45. The first-order chi connectivity index (χ1) is 9.15. The van der Waals surface area contributed by atoms with Crippen LogP contribution in [0, 0.1) is 36.5 Å². The summed E-state index contributed by atoms with van der Waals surface area (Å²) in [6.07, 6.45) is 1.42. The monoisotopic (exact) mass is 248 g/mol. The van der Waals surface area contributed by atoms with Crippen molar-refractivity contribution in [3.8, 4) is 12.1 Å². The molecule has 0 unspecified atom stereocenters. The van der Waals surface area contributed by atoms with Gasteiger partial charge in [0.05, 0.1) is 11.2 Å². The molecule has 1 heterocycles. The Bertz CT molecular complexity index is 729. The third-order valence-electron chi connectivity index (χ3n) is 2.82. The molecule has 0 saturated heterocycles. The van der Waals surface area contributed by atoms with Crippen molar-refractivity contribution in [2.75, 3.05) is 5.32 Å². The van der Waals surface area contributed by atoms with Crippen LogP contribution in [0.25, 0.3) is 10.9 Å². The lowest BCUT2D eigenvalue weighted by molar-refractivity contribution is 1.25. The highest BCUT2D eigenvalue weighted by molar-refractivity contribution is 5.93. The molecular weight excluding hydrogens is 236 g/mol. The molecule has 0 aliphatic rings. The number of hydrogen-bond donors (Lipinski definition) is 1. The lowest BCUT2D eigenvalue weighted by atomic mass is 10.1. The molecule has 0 fully saturated rings. The number of nitriles is 2. The second kappa shape index (κ2) is 5.20. The number of fused-ring (bicyclic) bond motifs is 1. The van der Waals surface area contributed by atoms with E-state index < -0.39 is 0 Å². The van der Waals surface area contributed by atoms with E-state index in [4.69, 9.17) is 10.5 Å². The molecular formula is C15H12N4. The Morgan fingerprint density at radius 2 is 1.89 bits per heavy atom. The number of hydrogen-bond acceptors (Lipinski definition) is 4. The number of benzene rings is 1. The third-order valence-corrected chi connectivity index (χ3v) is 2.82. The van der Waals surface area contributed by atoms with Gasteiger partial charge in [-0.25, -0.2) is 0 Å². The van der Waals surface area contributed by atoms with E-state index >= 15 is 0 Å². The standard InChI is InChI=1S/C15H12N4/c1-10-3-6-14-13(5-4-11(2)19-14)15(10)18-9-12(7-16)8-17/h3-6,9,18H,1-2H3. The van der Waals surface area contributed by atoms with Crippen LogP contribution in [0.15, 0.2) is 36.0 Å². The zero-order chi connectivity index (χ0) is 13.8. The fourth-order valence-corrected chi connectivity index (χ4v) is 1.84. The summed E-state index contributed by atoms with van der Waals surface area (Å²) < 4.78 is 0. The second-order valence-electron chi connectivity index (χ2n) is 4.20. The Labute approximate surface area is 111 Å². The number of anilines is 1. The van der Waals surface area contributed by atoms with E-state index in [1.807, 2.05) is 50.3 Å². The summed E-state index contributed by atoms with van der Waals surface area (Å²) in [4.78, 5) is 4.45. The lowest BCUT2D eigenvalue weighted by Crippen LogP contribution is -1.95. The van der Waals surface area contributed by atoms with Gasteiger partial charge in [0.15, 0.2) is 0 Å². The molecule has 0 aliphatic heterocycles. The van der Waals surface area contributed by atoms with E-state index in [-0.39, 0.29) is 5.57 Å². The smallest absolute Gasteiger partial charge is 0.145 e. The predicted octanol–water partition coefficient (Wildman–Crippen LogP) is 3.19. The summed E-state index contributed by atoms with van der Waals surface area (Å²) in [6, 6.07) is 11.5. The van der Waals surface area contributed by atoms with Crippen molar-refractivity contribution in [1.29, 1.82) is 10.5 Å². The van der Waals surface area contributed by atoms with Gasteiger partial charge >= 0.3 is 0 Å². The molecule has 0 bridgehead atoms. The van der Waals surface area contributed by atoms with Crippen LogP contribution in [-0.2, 0) is 0 Å². The topological polar surface area (TPSA) is 72.5 Å². The summed E-state index contributed by atoms with van der Waals surface area (Å²) >= 11 is 0. The van der Waals surface area contributed by atoms with Gasteiger partial charge in [0.2, 0.25) is 0 Å². The minimum absolute atomic E-state index is 0.0384. The van der Waals surface area contributed by atoms with Crippen LogP contribution in [0.5, 0.6) is 0 Å². The summed E-state index contributed by atoms with van der Waals surface area (Å²) in [5.41, 5.74) is 3.78. The van der Waals surface area contributed by atoms with Crippen LogP contribution in [-0.4, -0.2) is 4.98 Å². The average Bonchev–Trinajstić information content (AvgIpc) is 2.42. The summed E-state index contributed by atoms with van der Waals surface area (Å²) in [5.74, 6) is 0. The maximum atomic E-state index is 8.73. The minimum Gasteiger partial charge on any atom is -0.359 e. The van der Waals surface area contributed by atoms with Crippen LogP contribution >= 0.6 is 0 Å². The van der Waals surface area contributed by atoms with E-state index in [0.29, 0.717) is 0 Å². The Hall–Kier alpha value is -2.85. The largest absolute Gasteiger partial charge is 0.359 e. The SMILES string of the molecule is Cc1ccc2c(NC=C(C#N)C#N)c(C)ccc2n1. The minimum atomic E-state index is 0.0384. The molecule has 0 spiro atoms. The Morgan fingerprint density at radius 3 is 2.58 bits per heavy atom. The molecule has 0 saturated carbocycles. The predicted molar refractivity (Wildman–Crippen MR) is 74.1 cm³/mol.